The Morgan fingerprint density at radius 2 is 2.27 bits per heavy atom. The van der Waals surface area contributed by atoms with E-state index in [-0.39, 0.29) is 11.3 Å². The number of nitrogens with zero attached hydrogens (tertiary/aromatic N) is 1. The van der Waals surface area contributed by atoms with Crippen molar-refractivity contribution in [2.75, 3.05) is 0 Å². The van der Waals surface area contributed by atoms with Crippen molar-refractivity contribution in [2.24, 2.45) is 0 Å². The number of aryl methyl sites for hydroxylation is 1. The molecule has 0 unspecified atom stereocenters. The summed E-state index contributed by atoms with van der Waals surface area (Å²) in [5.74, 6) is -1.18. The third-order valence-electron chi connectivity index (χ3n) is 1.31. The molecule has 1 aromatic heterocycles. The maximum absolute atomic E-state index is 10.3. The van der Waals surface area contributed by atoms with Crippen LogP contribution < -0.4 is 0 Å². The smallest absolute Gasteiger partial charge is 0.337 e. The number of carbonyl (C=O) groups is 1. The van der Waals surface area contributed by atoms with Crippen molar-refractivity contribution < 1.29 is 15.0 Å². The number of hydrogen-bond donors (Lipinski definition) is 2. The Hall–Kier alpha value is -1.58. The topological polar surface area (TPSA) is 70.4 Å². The molecular weight excluding hydrogens is 146 g/mol. The zero-order chi connectivity index (χ0) is 8.43. The lowest BCUT2D eigenvalue weighted by molar-refractivity contribution is 0.0696. The molecule has 0 spiro atoms. The van der Waals surface area contributed by atoms with Gasteiger partial charge in [-0.15, -0.1) is 0 Å². The number of aromatic nitrogens is 1. The molecule has 0 aliphatic carbocycles. The summed E-state index contributed by atoms with van der Waals surface area (Å²) in [6.45, 7) is 1.60. The van der Waals surface area contributed by atoms with Gasteiger partial charge in [0.15, 0.2) is 0 Å². The molecule has 0 amide bonds. The summed E-state index contributed by atoms with van der Waals surface area (Å²) in [4.78, 5) is 14.0. The lowest BCUT2D eigenvalue weighted by Gasteiger charge is -1.97. The Morgan fingerprint density at radius 3 is 2.73 bits per heavy atom. The van der Waals surface area contributed by atoms with Crippen LogP contribution in [-0.4, -0.2) is 21.2 Å². The van der Waals surface area contributed by atoms with Gasteiger partial charge in [0.2, 0.25) is 0 Å². The molecule has 1 aromatic rings. The molecular formula is C7H7NO3. The van der Waals surface area contributed by atoms with E-state index in [0.717, 1.165) is 0 Å². The van der Waals surface area contributed by atoms with E-state index in [2.05, 4.69) is 4.98 Å². The molecule has 0 aliphatic heterocycles. The van der Waals surface area contributed by atoms with E-state index >= 15 is 0 Å². The molecule has 1 rings (SSSR count). The minimum Gasteiger partial charge on any atom is -0.506 e. The lowest BCUT2D eigenvalue weighted by Crippen LogP contribution is -1.97. The van der Waals surface area contributed by atoms with Gasteiger partial charge in [-0.3, -0.25) is 4.98 Å². The Bertz CT molecular complexity index is 296. The highest BCUT2D eigenvalue weighted by atomic mass is 16.4. The summed E-state index contributed by atoms with van der Waals surface area (Å²) in [7, 11) is 0. The highest BCUT2D eigenvalue weighted by Crippen LogP contribution is 2.13. The normalized spacial score (nSPS) is 9.55. The summed E-state index contributed by atoms with van der Waals surface area (Å²) >= 11 is 0. The minimum absolute atomic E-state index is 0.00639. The van der Waals surface area contributed by atoms with E-state index in [1.807, 2.05) is 0 Å². The van der Waals surface area contributed by atoms with Gasteiger partial charge in [0.25, 0.3) is 0 Å². The van der Waals surface area contributed by atoms with Crippen LogP contribution in [0.5, 0.6) is 5.75 Å². The molecule has 4 nitrogen and oxygen atoms in total. The fraction of sp³-hybridized carbons (Fsp3) is 0.143. The number of aromatic hydroxyl groups is 1. The van der Waals surface area contributed by atoms with Gasteiger partial charge in [0, 0.05) is 6.20 Å². The fourth-order valence-electron chi connectivity index (χ4n) is 0.638. The first kappa shape index (κ1) is 7.53. The molecule has 11 heavy (non-hydrogen) atoms. The van der Waals surface area contributed by atoms with Crippen LogP contribution in [0, 0.1) is 6.92 Å². The van der Waals surface area contributed by atoms with E-state index in [9.17, 15) is 4.79 Å². The first-order valence-corrected chi connectivity index (χ1v) is 3.00. The largest absolute Gasteiger partial charge is 0.506 e. The van der Waals surface area contributed by atoms with E-state index in [1.54, 1.807) is 6.92 Å². The Labute approximate surface area is 63.1 Å². The van der Waals surface area contributed by atoms with Crippen molar-refractivity contribution >= 4 is 5.97 Å². The van der Waals surface area contributed by atoms with Crippen LogP contribution in [0.3, 0.4) is 0 Å². The summed E-state index contributed by atoms with van der Waals surface area (Å²) in [6.07, 6.45) is 1.21. The standard InChI is InChI=1S/C7H7NO3/c1-4-6(9)2-5(3-8-4)7(10)11/h2-3,9H,1H3,(H,10,11). The monoisotopic (exact) mass is 153 g/mol. The molecule has 0 fully saturated rings. The second kappa shape index (κ2) is 2.57. The van der Waals surface area contributed by atoms with E-state index in [0.29, 0.717) is 5.69 Å². The van der Waals surface area contributed by atoms with Crippen LogP contribution >= 0.6 is 0 Å². The average molecular weight is 153 g/mol. The third kappa shape index (κ3) is 1.46. The maximum atomic E-state index is 10.3. The lowest BCUT2D eigenvalue weighted by atomic mass is 10.2. The highest BCUT2D eigenvalue weighted by molar-refractivity contribution is 5.87. The fourth-order valence-corrected chi connectivity index (χ4v) is 0.638. The van der Waals surface area contributed by atoms with Gasteiger partial charge >= 0.3 is 5.97 Å². The minimum atomic E-state index is -1.09. The number of hydrogen-bond acceptors (Lipinski definition) is 3. The third-order valence-corrected chi connectivity index (χ3v) is 1.31. The second-order valence-electron chi connectivity index (χ2n) is 2.13. The second-order valence-corrected chi connectivity index (χ2v) is 2.13. The van der Waals surface area contributed by atoms with Gasteiger partial charge in [-0.2, -0.15) is 0 Å². The van der Waals surface area contributed by atoms with Crippen molar-refractivity contribution in [3.05, 3.63) is 23.5 Å². The molecule has 0 aliphatic rings. The van der Waals surface area contributed by atoms with Crippen LogP contribution in [0.4, 0.5) is 0 Å². The number of carboxylic acids is 1. The number of aromatic carboxylic acids is 1. The SMILES string of the molecule is Cc1ncc(C(=O)O)cc1O. The molecule has 0 radical (unpaired) electrons. The van der Waals surface area contributed by atoms with E-state index < -0.39 is 5.97 Å². The Morgan fingerprint density at radius 1 is 1.64 bits per heavy atom. The average Bonchev–Trinajstić information content (AvgIpc) is 1.94. The molecule has 2 N–H and O–H groups in total. The highest BCUT2D eigenvalue weighted by Gasteiger charge is 2.05. The maximum Gasteiger partial charge on any atom is 0.337 e. The van der Waals surface area contributed by atoms with Crippen molar-refractivity contribution in [1.82, 2.24) is 4.98 Å². The van der Waals surface area contributed by atoms with E-state index in [1.165, 1.54) is 12.3 Å². The zero-order valence-corrected chi connectivity index (χ0v) is 5.90. The van der Waals surface area contributed by atoms with Crippen LogP contribution in [0.15, 0.2) is 12.3 Å². The van der Waals surface area contributed by atoms with Crippen molar-refractivity contribution in [2.45, 2.75) is 6.92 Å². The summed E-state index contributed by atoms with van der Waals surface area (Å²) in [5.41, 5.74) is 0.420. The number of carboxylic acid groups (broad SMARTS) is 1. The molecule has 0 saturated heterocycles. The van der Waals surface area contributed by atoms with Crippen LogP contribution in [0.1, 0.15) is 16.1 Å². The van der Waals surface area contributed by atoms with Crippen molar-refractivity contribution in [3.8, 4) is 5.75 Å². The quantitative estimate of drug-likeness (QED) is 0.625. The zero-order valence-electron chi connectivity index (χ0n) is 5.90. The number of rotatable bonds is 1. The van der Waals surface area contributed by atoms with Crippen molar-refractivity contribution in [1.29, 1.82) is 0 Å². The predicted molar refractivity (Wildman–Crippen MR) is 37.6 cm³/mol. The van der Waals surface area contributed by atoms with Crippen molar-refractivity contribution in [3.63, 3.8) is 0 Å². The molecule has 0 aromatic carbocycles. The molecule has 1 heterocycles. The molecule has 58 valence electrons. The van der Waals surface area contributed by atoms with Crippen LogP contribution in [0.2, 0.25) is 0 Å². The molecule has 0 saturated carbocycles. The molecule has 0 bridgehead atoms. The summed E-state index contributed by atoms with van der Waals surface area (Å²) in [6, 6.07) is 1.17. The molecule has 0 atom stereocenters. The van der Waals surface area contributed by atoms with Gasteiger partial charge in [-0.05, 0) is 13.0 Å². The van der Waals surface area contributed by atoms with Gasteiger partial charge < -0.3 is 10.2 Å². The van der Waals surface area contributed by atoms with Gasteiger partial charge in [-0.25, -0.2) is 4.79 Å². The van der Waals surface area contributed by atoms with E-state index in [4.69, 9.17) is 10.2 Å². The Kier molecular flexibility index (Phi) is 1.76. The van der Waals surface area contributed by atoms with Gasteiger partial charge in [-0.1, -0.05) is 0 Å². The summed E-state index contributed by atoms with van der Waals surface area (Å²) < 4.78 is 0. The summed E-state index contributed by atoms with van der Waals surface area (Å²) in [5, 5.41) is 17.5. The van der Waals surface area contributed by atoms with Gasteiger partial charge in [0.05, 0.1) is 11.3 Å². The number of pyridine rings is 1. The predicted octanol–water partition coefficient (Wildman–Crippen LogP) is 0.794. The van der Waals surface area contributed by atoms with Crippen LogP contribution in [0.25, 0.3) is 0 Å². The van der Waals surface area contributed by atoms with Gasteiger partial charge in [0.1, 0.15) is 5.75 Å². The first-order chi connectivity index (χ1) is 5.11. The van der Waals surface area contributed by atoms with Crippen LogP contribution in [-0.2, 0) is 0 Å². The molecule has 4 heteroatoms. The Balaban J connectivity index is 3.15. The first-order valence-electron chi connectivity index (χ1n) is 3.00.